The number of nitrogens with two attached hydrogens (primary N) is 1. The summed E-state index contributed by atoms with van der Waals surface area (Å²) >= 11 is 2.98. The molecular formula is C10H15BrClN3O4S. The van der Waals surface area contributed by atoms with Crippen LogP contribution in [-0.4, -0.2) is 26.4 Å². The lowest BCUT2D eigenvalue weighted by Crippen LogP contribution is -2.25. The summed E-state index contributed by atoms with van der Waals surface area (Å²) in [7, 11) is -3.65. The molecule has 0 aromatic heterocycles. The summed E-state index contributed by atoms with van der Waals surface area (Å²) in [6.45, 7) is 0.791. The number of nitro groups is 1. The Hall–Kier alpha value is -0.740. The molecule has 0 saturated heterocycles. The molecule has 0 atom stereocenters. The van der Waals surface area contributed by atoms with Crippen molar-refractivity contribution in [1.29, 1.82) is 0 Å². The van der Waals surface area contributed by atoms with Crippen LogP contribution in [0.3, 0.4) is 0 Å². The van der Waals surface area contributed by atoms with Crippen molar-refractivity contribution >= 4 is 44.0 Å². The van der Waals surface area contributed by atoms with Crippen molar-refractivity contribution < 1.29 is 13.3 Å². The van der Waals surface area contributed by atoms with Gasteiger partial charge in [0.2, 0.25) is 10.0 Å². The third-order valence-corrected chi connectivity index (χ3v) is 4.44. The van der Waals surface area contributed by atoms with Crippen LogP contribution in [0.5, 0.6) is 0 Å². The normalized spacial score (nSPS) is 10.9. The molecule has 114 valence electrons. The standard InChI is InChI=1S/C10H14BrN3O4S.ClH/c11-9-7-8(3-4-10(9)14(15)16)19(17,18)13-6-2-1-5-12;/h3-4,7,13H,1-2,5-6,12H2;1H. The fraction of sp³-hybridized carbons (Fsp3) is 0.400. The topological polar surface area (TPSA) is 115 Å². The number of sulfonamides is 1. The lowest BCUT2D eigenvalue weighted by atomic mass is 10.3. The van der Waals surface area contributed by atoms with Gasteiger partial charge in [-0.3, -0.25) is 10.1 Å². The highest BCUT2D eigenvalue weighted by molar-refractivity contribution is 9.10. The SMILES string of the molecule is Cl.NCCCCNS(=O)(=O)c1ccc([N+](=O)[O-])c(Br)c1. The van der Waals surface area contributed by atoms with Crippen LogP contribution >= 0.6 is 28.3 Å². The fourth-order valence-electron chi connectivity index (χ4n) is 1.36. The largest absolute Gasteiger partial charge is 0.330 e. The Morgan fingerprint density at radius 3 is 2.50 bits per heavy atom. The van der Waals surface area contributed by atoms with Crippen molar-refractivity contribution in [3.05, 3.63) is 32.8 Å². The van der Waals surface area contributed by atoms with Crippen LogP contribution in [0.2, 0.25) is 0 Å². The third kappa shape index (κ3) is 5.33. The monoisotopic (exact) mass is 387 g/mol. The average Bonchev–Trinajstić information content (AvgIpc) is 2.34. The Kier molecular flexibility index (Phi) is 8.21. The minimum atomic E-state index is -3.65. The van der Waals surface area contributed by atoms with Gasteiger partial charge < -0.3 is 5.73 Å². The molecule has 7 nitrogen and oxygen atoms in total. The van der Waals surface area contributed by atoms with Gasteiger partial charge in [0.15, 0.2) is 0 Å². The quantitative estimate of drug-likeness (QED) is 0.420. The van der Waals surface area contributed by atoms with Gasteiger partial charge in [-0.05, 0) is 47.4 Å². The Morgan fingerprint density at radius 2 is 2.00 bits per heavy atom. The van der Waals surface area contributed by atoms with E-state index in [9.17, 15) is 18.5 Å². The lowest BCUT2D eigenvalue weighted by Gasteiger charge is -2.06. The maximum atomic E-state index is 11.9. The molecule has 1 rings (SSSR count). The number of nitro benzene ring substituents is 1. The molecule has 1 aromatic rings. The zero-order chi connectivity index (χ0) is 14.5. The number of halogens is 2. The molecule has 0 heterocycles. The first-order chi connectivity index (χ1) is 8.88. The Balaban J connectivity index is 0.00000361. The molecule has 20 heavy (non-hydrogen) atoms. The highest BCUT2D eigenvalue weighted by atomic mass is 79.9. The van der Waals surface area contributed by atoms with Gasteiger partial charge in [0.05, 0.1) is 14.3 Å². The van der Waals surface area contributed by atoms with Crippen molar-refractivity contribution in [2.45, 2.75) is 17.7 Å². The second-order valence-electron chi connectivity index (χ2n) is 3.76. The van der Waals surface area contributed by atoms with Crippen molar-refractivity contribution in [2.24, 2.45) is 5.73 Å². The Bertz CT molecular complexity index is 568. The fourth-order valence-corrected chi connectivity index (χ4v) is 3.14. The van der Waals surface area contributed by atoms with E-state index in [-0.39, 0.29) is 34.0 Å². The molecule has 0 fully saturated rings. The second-order valence-corrected chi connectivity index (χ2v) is 6.39. The lowest BCUT2D eigenvalue weighted by molar-refractivity contribution is -0.385. The van der Waals surface area contributed by atoms with Gasteiger partial charge in [-0.2, -0.15) is 0 Å². The van der Waals surface area contributed by atoms with Gasteiger partial charge in [-0.25, -0.2) is 13.1 Å². The zero-order valence-corrected chi connectivity index (χ0v) is 13.6. The summed E-state index contributed by atoms with van der Waals surface area (Å²) in [4.78, 5) is 10.0. The molecule has 0 amide bonds. The van der Waals surface area contributed by atoms with E-state index in [1.807, 2.05) is 0 Å². The van der Waals surface area contributed by atoms with Crippen LogP contribution < -0.4 is 10.5 Å². The summed E-state index contributed by atoms with van der Waals surface area (Å²) in [5, 5.41) is 10.6. The molecule has 1 aromatic carbocycles. The van der Waals surface area contributed by atoms with Crippen LogP contribution in [0.4, 0.5) is 5.69 Å². The maximum Gasteiger partial charge on any atom is 0.283 e. The number of nitrogens with zero attached hydrogens (tertiary/aromatic N) is 1. The van der Waals surface area contributed by atoms with E-state index >= 15 is 0 Å². The van der Waals surface area contributed by atoms with Crippen LogP contribution in [0.25, 0.3) is 0 Å². The summed E-state index contributed by atoms with van der Waals surface area (Å²) < 4.78 is 26.3. The third-order valence-electron chi connectivity index (χ3n) is 2.35. The van der Waals surface area contributed by atoms with E-state index in [2.05, 4.69) is 20.7 Å². The number of rotatable bonds is 7. The number of unbranched alkanes of at least 4 members (excludes halogenated alkanes) is 1. The molecule has 0 unspecified atom stereocenters. The van der Waals surface area contributed by atoms with Crippen molar-refractivity contribution in [2.75, 3.05) is 13.1 Å². The van der Waals surface area contributed by atoms with Crippen molar-refractivity contribution in [1.82, 2.24) is 4.72 Å². The Morgan fingerprint density at radius 1 is 1.35 bits per heavy atom. The van der Waals surface area contributed by atoms with Crippen LogP contribution in [0.1, 0.15) is 12.8 Å². The summed E-state index contributed by atoms with van der Waals surface area (Å²) in [5.41, 5.74) is 5.13. The predicted octanol–water partition coefficient (Wildman–Crippen LogP) is 1.80. The first-order valence-electron chi connectivity index (χ1n) is 5.52. The molecule has 0 aliphatic rings. The Labute approximate surface area is 131 Å². The highest BCUT2D eigenvalue weighted by Gasteiger charge is 2.18. The molecular weight excluding hydrogens is 374 g/mol. The molecule has 0 spiro atoms. The van der Waals surface area contributed by atoms with Gasteiger partial charge in [0.25, 0.3) is 5.69 Å². The van der Waals surface area contributed by atoms with Gasteiger partial charge in [-0.1, -0.05) is 0 Å². The molecule has 0 aliphatic carbocycles. The van der Waals surface area contributed by atoms with Crippen LogP contribution in [-0.2, 0) is 10.0 Å². The van der Waals surface area contributed by atoms with E-state index in [0.29, 0.717) is 13.0 Å². The van der Waals surface area contributed by atoms with Gasteiger partial charge >= 0.3 is 0 Å². The van der Waals surface area contributed by atoms with Gasteiger partial charge in [0, 0.05) is 12.6 Å². The van der Waals surface area contributed by atoms with E-state index in [0.717, 1.165) is 12.5 Å². The number of benzene rings is 1. The van der Waals surface area contributed by atoms with Crippen molar-refractivity contribution in [3.8, 4) is 0 Å². The smallest absolute Gasteiger partial charge is 0.283 e. The maximum absolute atomic E-state index is 11.9. The zero-order valence-electron chi connectivity index (χ0n) is 10.4. The first kappa shape index (κ1) is 19.3. The summed E-state index contributed by atoms with van der Waals surface area (Å²) in [6.07, 6.45) is 1.37. The van der Waals surface area contributed by atoms with E-state index < -0.39 is 14.9 Å². The molecule has 0 bridgehead atoms. The predicted molar refractivity (Wildman–Crippen MR) is 81.5 cm³/mol. The van der Waals surface area contributed by atoms with Crippen molar-refractivity contribution in [3.63, 3.8) is 0 Å². The molecule has 0 saturated carbocycles. The number of hydrogen-bond donors (Lipinski definition) is 2. The molecule has 0 aliphatic heterocycles. The summed E-state index contributed by atoms with van der Waals surface area (Å²) in [6, 6.07) is 3.57. The highest BCUT2D eigenvalue weighted by Crippen LogP contribution is 2.27. The van der Waals surface area contributed by atoms with E-state index in [1.165, 1.54) is 12.1 Å². The number of hydrogen-bond acceptors (Lipinski definition) is 5. The van der Waals surface area contributed by atoms with Crippen LogP contribution in [0.15, 0.2) is 27.6 Å². The molecule has 10 heteroatoms. The van der Waals surface area contributed by atoms with E-state index in [4.69, 9.17) is 5.73 Å². The molecule has 3 N–H and O–H groups in total. The average molecular weight is 389 g/mol. The van der Waals surface area contributed by atoms with E-state index in [1.54, 1.807) is 0 Å². The molecule has 0 radical (unpaired) electrons. The van der Waals surface area contributed by atoms with Crippen LogP contribution in [0, 0.1) is 10.1 Å². The minimum absolute atomic E-state index is 0. The van der Waals surface area contributed by atoms with Gasteiger partial charge in [-0.15, -0.1) is 12.4 Å². The summed E-state index contributed by atoms with van der Waals surface area (Å²) in [5.74, 6) is 0. The first-order valence-corrected chi connectivity index (χ1v) is 7.80. The minimum Gasteiger partial charge on any atom is -0.330 e. The van der Waals surface area contributed by atoms with Gasteiger partial charge in [0.1, 0.15) is 0 Å². The second kappa shape index (κ2) is 8.53. The number of nitrogens with one attached hydrogen (secondary N) is 1.